The third-order valence-electron chi connectivity index (χ3n) is 6.41. The second-order valence-corrected chi connectivity index (χ2v) is 10.6. The predicted octanol–water partition coefficient (Wildman–Crippen LogP) is 3.69. The zero-order valence-corrected chi connectivity index (χ0v) is 22.4. The van der Waals surface area contributed by atoms with Crippen molar-refractivity contribution >= 4 is 27.3 Å². The maximum absolute atomic E-state index is 13.2. The van der Waals surface area contributed by atoms with Crippen LogP contribution >= 0.6 is 0 Å². The minimum atomic E-state index is -3.95. The van der Waals surface area contributed by atoms with Crippen molar-refractivity contribution in [1.29, 1.82) is 0 Å². The molecule has 1 aliphatic carbocycles. The number of benzene rings is 1. The lowest BCUT2D eigenvalue weighted by Gasteiger charge is -2.35. The summed E-state index contributed by atoms with van der Waals surface area (Å²) in [4.78, 5) is 25.6. The van der Waals surface area contributed by atoms with Gasteiger partial charge in [-0.3, -0.25) is 19.4 Å². The Morgan fingerprint density at radius 1 is 1.24 bits per heavy atom. The first kappa shape index (κ1) is 27.0. The Bertz CT molecular complexity index is 1450. The van der Waals surface area contributed by atoms with Gasteiger partial charge < -0.3 is 9.64 Å². The lowest BCUT2D eigenvalue weighted by atomic mass is 10.1. The Hall–Kier alpha value is -4.02. The number of carbonyl (C=O) groups is 1. The van der Waals surface area contributed by atoms with Gasteiger partial charge in [0.15, 0.2) is 0 Å². The van der Waals surface area contributed by atoms with Crippen molar-refractivity contribution in [2.45, 2.75) is 13.5 Å². The van der Waals surface area contributed by atoms with Crippen LogP contribution in [0.4, 0.5) is 5.69 Å². The van der Waals surface area contributed by atoms with Gasteiger partial charge in [0.25, 0.3) is 15.9 Å². The molecule has 1 aromatic heterocycles. The first-order valence-electron chi connectivity index (χ1n) is 12.1. The van der Waals surface area contributed by atoms with Crippen LogP contribution in [0, 0.1) is 6.92 Å². The molecule has 2 heterocycles. The molecule has 0 unspecified atom stereocenters. The van der Waals surface area contributed by atoms with Gasteiger partial charge in [0, 0.05) is 56.2 Å². The van der Waals surface area contributed by atoms with E-state index in [0.29, 0.717) is 47.9 Å². The Labute approximate surface area is 223 Å². The summed E-state index contributed by atoms with van der Waals surface area (Å²) in [6.45, 7) is 12.5. The highest BCUT2D eigenvalue weighted by Crippen LogP contribution is 2.25. The summed E-state index contributed by atoms with van der Waals surface area (Å²) < 4.78 is 34.3. The number of nitrogens with zero attached hydrogens (tertiary/aromatic N) is 4. The standard InChI is InChI=1S/C28H31N5O4S/c1-5-29-26-20(2)8-6-10-25(26)38(35,36)31-24-12-11-22(18-21(24)3)28(34)33-16-14-32(15-17-33)19-23-9-7-13-30-27(23)37-4/h5-13,18,31H,1-2,14-17,19H2,3-4H3/b29-26+. The Balaban J connectivity index is 1.41. The molecule has 1 saturated heterocycles. The van der Waals surface area contributed by atoms with E-state index in [9.17, 15) is 13.2 Å². The molecule has 0 saturated carbocycles. The maximum atomic E-state index is 13.2. The molecule has 1 N–H and O–H groups in total. The van der Waals surface area contributed by atoms with Crippen LogP contribution in [0.2, 0.25) is 0 Å². The van der Waals surface area contributed by atoms with Gasteiger partial charge in [-0.05, 0) is 48.4 Å². The van der Waals surface area contributed by atoms with E-state index in [0.717, 1.165) is 18.7 Å². The van der Waals surface area contributed by atoms with E-state index in [2.05, 4.69) is 32.8 Å². The van der Waals surface area contributed by atoms with Crippen LogP contribution in [0.5, 0.6) is 5.88 Å². The number of hydrogen-bond donors (Lipinski definition) is 1. The minimum absolute atomic E-state index is 0.00577. The topological polar surface area (TPSA) is 104 Å². The zero-order chi connectivity index (χ0) is 27.3. The number of aliphatic imine (C=N–C) groups is 1. The molecule has 198 valence electrons. The van der Waals surface area contributed by atoms with Gasteiger partial charge in [0.2, 0.25) is 5.88 Å². The molecule has 9 nitrogen and oxygen atoms in total. The summed E-state index contributed by atoms with van der Waals surface area (Å²) in [6.07, 6.45) is 7.75. The van der Waals surface area contributed by atoms with E-state index in [4.69, 9.17) is 4.74 Å². The number of hydrogen-bond acceptors (Lipinski definition) is 7. The zero-order valence-electron chi connectivity index (χ0n) is 21.6. The first-order chi connectivity index (χ1) is 18.2. The number of allylic oxidation sites excluding steroid dienone is 5. The fourth-order valence-corrected chi connectivity index (χ4v) is 5.72. The monoisotopic (exact) mass is 533 g/mol. The number of ether oxygens (including phenoxy) is 1. The Morgan fingerprint density at radius 3 is 2.68 bits per heavy atom. The molecule has 2 aliphatic rings. The number of aromatic nitrogens is 1. The number of carbonyl (C=O) groups excluding carboxylic acids is 1. The molecule has 1 amide bonds. The lowest BCUT2D eigenvalue weighted by Crippen LogP contribution is -2.48. The van der Waals surface area contributed by atoms with Crippen LogP contribution in [-0.2, 0) is 16.6 Å². The normalized spacial score (nSPS) is 17.3. The third kappa shape index (κ3) is 5.92. The van der Waals surface area contributed by atoms with Crippen molar-refractivity contribution in [1.82, 2.24) is 14.8 Å². The highest BCUT2D eigenvalue weighted by Gasteiger charge is 2.27. The molecule has 0 radical (unpaired) electrons. The number of rotatable bonds is 8. The minimum Gasteiger partial charge on any atom is -0.481 e. The van der Waals surface area contributed by atoms with Crippen molar-refractivity contribution in [2.24, 2.45) is 4.99 Å². The molecule has 2 aromatic rings. The smallest absolute Gasteiger partial charge is 0.264 e. The quantitative estimate of drug-likeness (QED) is 0.555. The number of aryl methyl sites for hydroxylation is 1. The SMILES string of the molecule is C=C/N=C1\C(=C)C=CC=C1S(=O)(=O)Nc1ccc(C(=O)N2CCN(Cc3cccnc3OC)CC2)cc1C. The number of sulfonamides is 1. The summed E-state index contributed by atoms with van der Waals surface area (Å²) in [5, 5.41) is 0. The number of methoxy groups -OCH3 is 1. The van der Waals surface area contributed by atoms with Crippen molar-refractivity contribution < 1.29 is 17.9 Å². The molecule has 1 aliphatic heterocycles. The van der Waals surface area contributed by atoms with Gasteiger partial charge in [-0.1, -0.05) is 31.4 Å². The van der Waals surface area contributed by atoms with E-state index < -0.39 is 10.0 Å². The van der Waals surface area contributed by atoms with Crippen LogP contribution in [0.15, 0.2) is 89.6 Å². The molecule has 10 heteroatoms. The molecule has 0 bridgehead atoms. The van der Waals surface area contributed by atoms with Crippen LogP contribution in [-0.4, -0.2) is 68.1 Å². The van der Waals surface area contributed by atoms with E-state index in [-0.39, 0.29) is 16.5 Å². The van der Waals surface area contributed by atoms with E-state index in [1.807, 2.05) is 17.0 Å². The van der Waals surface area contributed by atoms with E-state index in [1.54, 1.807) is 50.6 Å². The predicted molar refractivity (Wildman–Crippen MR) is 150 cm³/mol. The highest BCUT2D eigenvalue weighted by atomic mass is 32.2. The second-order valence-electron chi connectivity index (χ2n) is 8.95. The molecule has 1 fully saturated rings. The average molecular weight is 534 g/mol. The van der Waals surface area contributed by atoms with Crippen LogP contribution in [0.3, 0.4) is 0 Å². The largest absolute Gasteiger partial charge is 0.481 e. The van der Waals surface area contributed by atoms with Crippen molar-refractivity contribution in [2.75, 3.05) is 38.0 Å². The fraction of sp³-hybridized carbons (Fsp3) is 0.250. The number of nitrogens with one attached hydrogen (secondary N) is 1. The van der Waals surface area contributed by atoms with Gasteiger partial charge in [0.1, 0.15) is 4.91 Å². The molecule has 4 rings (SSSR count). The van der Waals surface area contributed by atoms with Crippen LogP contribution in [0.25, 0.3) is 0 Å². The summed E-state index contributed by atoms with van der Waals surface area (Å²) in [6, 6.07) is 8.85. The number of amides is 1. The highest BCUT2D eigenvalue weighted by molar-refractivity contribution is 7.97. The van der Waals surface area contributed by atoms with Crippen molar-refractivity contribution in [3.63, 3.8) is 0 Å². The Kier molecular flexibility index (Phi) is 8.23. The summed E-state index contributed by atoms with van der Waals surface area (Å²) in [5.74, 6) is 0.528. The van der Waals surface area contributed by atoms with E-state index in [1.165, 1.54) is 12.3 Å². The van der Waals surface area contributed by atoms with Gasteiger partial charge >= 0.3 is 0 Å². The maximum Gasteiger partial charge on any atom is 0.264 e. The fourth-order valence-electron chi connectivity index (χ4n) is 4.39. The molecule has 38 heavy (non-hydrogen) atoms. The Morgan fingerprint density at radius 2 is 2.00 bits per heavy atom. The summed E-state index contributed by atoms with van der Waals surface area (Å²) in [7, 11) is -2.34. The molecule has 0 spiro atoms. The molecular formula is C28H31N5O4S. The molecular weight excluding hydrogens is 502 g/mol. The van der Waals surface area contributed by atoms with Gasteiger partial charge in [-0.25, -0.2) is 13.4 Å². The number of anilines is 1. The summed E-state index contributed by atoms with van der Waals surface area (Å²) >= 11 is 0. The van der Waals surface area contributed by atoms with Crippen molar-refractivity contribution in [3.05, 3.63) is 101 Å². The van der Waals surface area contributed by atoms with Gasteiger partial charge in [-0.2, -0.15) is 0 Å². The van der Waals surface area contributed by atoms with Crippen LogP contribution in [0.1, 0.15) is 21.5 Å². The van der Waals surface area contributed by atoms with E-state index >= 15 is 0 Å². The lowest BCUT2D eigenvalue weighted by molar-refractivity contribution is 0.0627. The van der Waals surface area contributed by atoms with Crippen LogP contribution < -0.4 is 9.46 Å². The number of pyridine rings is 1. The van der Waals surface area contributed by atoms with Gasteiger partial charge in [0.05, 0.1) is 18.5 Å². The van der Waals surface area contributed by atoms with Gasteiger partial charge in [-0.15, -0.1) is 0 Å². The first-order valence-corrected chi connectivity index (χ1v) is 13.6. The number of piperazine rings is 1. The average Bonchev–Trinajstić information content (AvgIpc) is 2.91. The summed E-state index contributed by atoms with van der Waals surface area (Å²) in [5.41, 5.74) is 3.25. The molecule has 0 atom stereocenters. The molecule has 1 aromatic carbocycles. The second kappa shape index (κ2) is 11.6. The van der Waals surface area contributed by atoms with Crippen molar-refractivity contribution in [3.8, 4) is 5.88 Å². The third-order valence-corrected chi connectivity index (χ3v) is 7.80.